The smallest absolute Gasteiger partial charge is 0.177 e. The Morgan fingerprint density at radius 2 is 1.67 bits per heavy atom. The third-order valence-electron chi connectivity index (χ3n) is 13.4. The zero-order valence-electron chi connectivity index (χ0n) is 30.2. The van der Waals surface area contributed by atoms with Gasteiger partial charge in [0.05, 0.1) is 6.10 Å². The normalized spacial score (nSPS) is 34.9. The lowest BCUT2D eigenvalue weighted by Gasteiger charge is -2.58. The highest BCUT2D eigenvalue weighted by Gasteiger charge is 2.59. The van der Waals surface area contributed by atoms with Crippen LogP contribution in [0, 0.1) is 46.3 Å². The van der Waals surface area contributed by atoms with E-state index >= 15 is 0 Å². The largest absolute Gasteiger partial charge is 0.350 e. The summed E-state index contributed by atoms with van der Waals surface area (Å²) < 4.78 is 6.55. The maximum Gasteiger partial charge on any atom is 0.177 e. The molecule has 3 fully saturated rings. The van der Waals surface area contributed by atoms with Crippen LogP contribution in [0.25, 0.3) is 0 Å². The van der Waals surface area contributed by atoms with Gasteiger partial charge in [-0.1, -0.05) is 65.5 Å². The van der Waals surface area contributed by atoms with E-state index in [0.29, 0.717) is 18.4 Å². The van der Waals surface area contributed by atoms with Gasteiger partial charge in [0.15, 0.2) is 11.5 Å². The lowest BCUT2D eigenvalue weighted by Crippen LogP contribution is -2.55. The zero-order chi connectivity index (χ0) is 32.7. The van der Waals surface area contributed by atoms with Gasteiger partial charge in [-0.3, -0.25) is 10.5 Å². The van der Waals surface area contributed by atoms with Crippen LogP contribution in [0.5, 0.6) is 0 Å². The van der Waals surface area contributed by atoms with Crippen molar-refractivity contribution < 1.29 is 9.53 Å². The highest BCUT2D eigenvalue weighted by atomic mass is 16.5. The molecule has 0 aliphatic heterocycles. The predicted octanol–water partition coefficient (Wildman–Crippen LogP) is 7.36. The van der Waals surface area contributed by atoms with Crippen LogP contribution in [0.3, 0.4) is 0 Å². The van der Waals surface area contributed by atoms with Gasteiger partial charge in [-0.25, -0.2) is 0 Å². The van der Waals surface area contributed by atoms with Crippen molar-refractivity contribution >= 4 is 5.78 Å². The summed E-state index contributed by atoms with van der Waals surface area (Å²) in [5.74, 6) is 5.04. The monoisotopic (exact) mass is 629 g/mol. The minimum Gasteiger partial charge on any atom is -0.350 e. The van der Waals surface area contributed by atoms with Gasteiger partial charge in [-0.05, 0) is 157 Å². The van der Waals surface area contributed by atoms with Gasteiger partial charge in [0.25, 0.3) is 0 Å². The Balaban J connectivity index is 1.29. The Bertz CT molecular complexity index is 969. The Labute approximate surface area is 277 Å². The summed E-state index contributed by atoms with van der Waals surface area (Å²) in [4.78, 5) is 12.8. The van der Waals surface area contributed by atoms with Crippen molar-refractivity contribution in [1.82, 2.24) is 10.6 Å². The fraction of sp³-hybridized carbons (Fsp3) is 0.923. The summed E-state index contributed by atoms with van der Waals surface area (Å²) in [6, 6.07) is 0. The van der Waals surface area contributed by atoms with E-state index in [1.807, 2.05) is 0 Å². The highest BCUT2D eigenvalue weighted by Crippen LogP contribution is 2.67. The van der Waals surface area contributed by atoms with Crippen molar-refractivity contribution in [3.05, 3.63) is 11.6 Å². The van der Waals surface area contributed by atoms with Crippen LogP contribution in [0.2, 0.25) is 0 Å². The first-order valence-electron chi connectivity index (χ1n) is 19.2. The van der Waals surface area contributed by atoms with Crippen LogP contribution < -0.4 is 22.1 Å². The SMILES string of the molecule is CC(=O)C(N)(CCNCCCCNCCCN)O[C@H]1CC[C@@]2(C)C(=CCC3C2CC[C@@]2(C)C3CC[C@@H]2[C@H](C)CCCC(C)C)C1. The number of hydrogen-bond acceptors (Lipinski definition) is 6. The van der Waals surface area contributed by atoms with E-state index in [4.69, 9.17) is 16.2 Å². The van der Waals surface area contributed by atoms with Crippen LogP contribution in [-0.4, -0.2) is 50.3 Å². The number of Topliss-reactive ketones (excluding diaryl/α,β-unsaturated/α-hetero) is 1. The third kappa shape index (κ3) is 8.82. The molecule has 0 aromatic carbocycles. The number of unbranched alkanes of at least 4 members (excludes halogenated alkanes) is 1. The molecule has 0 amide bonds. The third-order valence-corrected chi connectivity index (χ3v) is 13.4. The topological polar surface area (TPSA) is 102 Å². The number of ether oxygens (including phenoxy) is 1. The van der Waals surface area contributed by atoms with Crippen molar-refractivity contribution in [2.45, 2.75) is 150 Å². The number of ketones is 1. The van der Waals surface area contributed by atoms with Crippen molar-refractivity contribution in [2.75, 3.05) is 32.7 Å². The first-order chi connectivity index (χ1) is 21.4. The molecular weight excluding hydrogens is 556 g/mol. The number of fused-ring (bicyclic) bond motifs is 5. The number of nitrogens with two attached hydrogens (primary N) is 2. The van der Waals surface area contributed by atoms with Crippen molar-refractivity contribution in [2.24, 2.45) is 57.8 Å². The molecule has 0 aromatic heterocycles. The van der Waals surface area contributed by atoms with Crippen LogP contribution in [0.15, 0.2) is 11.6 Å². The maximum atomic E-state index is 12.8. The molecule has 45 heavy (non-hydrogen) atoms. The molecule has 6 N–H and O–H groups in total. The van der Waals surface area contributed by atoms with E-state index in [-0.39, 0.29) is 17.3 Å². The first-order valence-corrected chi connectivity index (χ1v) is 19.2. The average molecular weight is 629 g/mol. The van der Waals surface area contributed by atoms with E-state index in [1.54, 1.807) is 12.5 Å². The van der Waals surface area contributed by atoms with Gasteiger partial charge in [-0.15, -0.1) is 0 Å². The quantitative estimate of drug-likeness (QED) is 0.0678. The molecule has 0 bridgehead atoms. The number of nitrogens with one attached hydrogen (secondary N) is 2. The van der Waals surface area contributed by atoms with Gasteiger partial charge in [0.1, 0.15) is 0 Å². The van der Waals surface area contributed by atoms with Crippen LogP contribution >= 0.6 is 0 Å². The summed E-state index contributed by atoms with van der Waals surface area (Å²) in [5, 5.41) is 6.92. The molecule has 6 heteroatoms. The van der Waals surface area contributed by atoms with Gasteiger partial charge < -0.3 is 21.1 Å². The zero-order valence-corrected chi connectivity index (χ0v) is 30.2. The summed E-state index contributed by atoms with van der Waals surface area (Å²) in [6.07, 6.45) is 20.6. The van der Waals surface area contributed by atoms with Gasteiger partial charge in [-0.2, -0.15) is 0 Å². The molecule has 0 radical (unpaired) electrons. The second-order valence-electron chi connectivity index (χ2n) is 16.8. The van der Waals surface area contributed by atoms with Crippen LogP contribution in [0.1, 0.15) is 138 Å². The Morgan fingerprint density at radius 1 is 0.956 bits per heavy atom. The minimum atomic E-state index is -1.20. The van der Waals surface area contributed by atoms with Crippen molar-refractivity contribution in [3.63, 3.8) is 0 Å². The molecule has 0 heterocycles. The lowest BCUT2D eigenvalue weighted by molar-refractivity contribution is -0.156. The average Bonchev–Trinajstić information content (AvgIpc) is 3.35. The van der Waals surface area contributed by atoms with E-state index in [2.05, 4.69) is 51.3 Å². The second-order valence-corrected chi connectivity index (χ2v) is 16.8. The number of hydrogen-bond donors (Lipinski definition) is 4. The number of carbonyl (C=O) groups excluding carboxylic acids is 1. The molecular formula is C39H72N4O2. The van der Waals surface area contributed by atoms with Crippen LogP contribution in [-0.2, 0) is 9.53 Å². The van der Waals surface area contributed by atoms with E-state index in [0.717, 1.165) is 100 Å². The fourth-order valence-corrected chi connectivity index (χ4v) is 10.6. The molecule has 0 aromatic rings. The number of allylic oxidation sites excluding steroid dienone is 1. The van der Waals surface area contributed by atoms with Crippen LogP contribution in [0.4, 0.5) is 0 Å². The molecule has 3 saturated carbocycles. The van der Waals surface area contributed by atoms with Crippen molar-refractivity contribution in [3.8, 4) is 0 Å². The maximum absolute atomic E-state index is 12.8. The Morgan fingerprint density at radius 3 is 2.36 bits per heavy atom. The fourth-order valence-electron chi connectivity index (χ4n) is 10.6. The van der Waals surface area contributed by atoms with E-state index < -0.39 is 5.72 Å². The van der Waals surface area contributed by atoms with Gasteiger partial charge in [0, 0.05) is 6.42 Å². The van der Waals surface area contributed by atoms with E-state index in [9.17, 15) is 4.79 Å². The summed E-state index contributed by atoms with van der Waals surface area (Å²) in [7, 11) is 0. The first kappa shape index (κ1) is 37.0. The minimum absolute atomic E-state index is 0.0331. The lowest BCUT2D eigenvalue weighted by atomic mass is 9.47. The molecule has 4 aliphatic carbocycles. The summed E-state index contributed by atoms with van der Waals surface area (Å²) in [5.41, 5.74) is 13.4. The second kappa shape index (κ2) is 16.5. The Kier molecular flexibility index (Phi) is 13.6. The highest BCUT2D eigenvalue weighted by molar-refractivity contribution is 5.84. The number of carbonyl (C=O) groups is 1. The van der Waals surface area contributed by atoms with Crippen molar-refractivity contribution in [1.29, 1.82) is 0 Å². The molecule has 260 valence electrons. The molecule has 6 nitrogen and oxygen atoms in total. The van der Waals surface area contributed by atoms with Gasteiger partial charge in [0.2, 0.25) is 0 Å². The summed E-state index contributed by atoms with van der Waals surface area (Å²) in [6.45, 7) is 18.6. The summed E-state index contributed by atoms with van der Waals surface area (Å²) >= 11 is 0. The molecule has 9 atom stereocenters. The molecule has 4 rings (SSSR count). The molecule has 0 spiro atoms. The standard InChI is InChI=1S/C39H72N4O2/c1-28(2)11-9-12-29(3)34-15-16-35-33-14-13-31-27-32(17-19-37(31,5)36(33)18-20-38(34,35)6)45-39(41,30(4)44)21-26-43-24-8-7-23-42-25-10-22-40/h13,28-29,32-36,42-43H,7-12,14-27,40-41H2,1-6H3/t29-,32+,33?,34-,35?,36?,37+,38-,39?/m1/s1. The Hall–Kier alpha value is -0.790. The van der Waals surface area contributed by atoms with Gasteiger partial charge >= 0.3 is 0 Å². The predicted molar refractivity (Wildman–Crippen MR) is 189 cm³/mol. The number of rotatable bonds is 19. The van der Waals surface area contributed by atoms with E-state index in [1.165, 1.54) is 51.4 Å². The molecule has 4 aliphatic rings. The molecule has 4 unspecified atom stereocenters. The molecule has 0 saturated heterocycles.